The number of halogens is 2. The third kappa shape index (κ3) is 12.1. The first-order valence-corrected chi connectivity index (χ1v) is 16.5. The van der Waals surface area contributed by atoms with Gasteiger partial charge in [0.05, 0.1) is 0 Å². The Hall–Kier alpha value is -0.153. The van der Waals surface area contributed by atoms with Gasteiger partial charge in [-0.15, -0.1) is 6.92 Å². The minimum atomic E-state index is 0. The molecule has 0 radical (unpaired) electrons. The zero-order valence-corrected chi connectivity index (χ0v) is 23.5. The van der Waals surface area contributed by atoms with Crippen LogP contribution in [0.25, 0.3) is 0 Å². The maximum atomic E-state index is 3.29. The van der Waals surface area contributed by atoms with Crippen LogP contribution in [0.5, 0.6) is 0 Å². The van der Waals surface area contributed by atoms with Crippen LogP contribution in [-0.4, -0.2) is 6.22 Å². The van der Waals surface area contributed by atoms with Crippen molar-refractivity contribution in [2.75, 3.05) is 0 Å². The summed E-state index contributed by atoms with van der Waals surface area (Å²) in [6.07, 6.45) is 11.8. The van der Waals surface area contributed by atoms with E-state index in [-0.39, 0.29) is 24.8 Å². The Morgan fingerprint density at radius 3 is 1.81 bits per heavy atom. The van der Waals surface area contributed by atoms with Crippen molar-refractivity contribution in [2.24, 2.45) is 11.8 Å². The molecule has 0 amide bonds. The Morgan fingerprint density at radius 2 is 1.56 bits per heavy atom. The molecule has 4 heteroatoms. The van der Waals surface area contributed by atoms with Crippen LogP contribution in [0.4, 0.5) is 0 Å². The van der Waals surface area contributed by atoms with E-state index in [1.807, 2.05) is 0 Å². The second kappa shape index (κ2) is 15.7. The van der Waals surface area contributed by atoms with Crippen molar-refractivity contribution < 1.29 is 47.8 Å². The molecule has 0 fully saturated rings. The third-order valence-corrected chi connectivity index (χ3v) is 7.16. The van der Waals surface area contributed by atoms with Crippen LogP contribution in [0.2, 0.25) is 0 Å². The third-order valence-electron chi connectivity index (χ3n) is 4.29. The fourth-order valence-electron chi connectivity index (χ4n) is 2.69. The summed E-state index contributed by atoms with van der Waals surface area (Å²) < 4.78 is 0. The molecule has 0 saturated carbocycles. The van der Waals surface area contributed by atoms with Crippen molar-refractivity contribution in [3.8, 4) is 0 Å². The first kappa shape index (κ1) is 29.1. The Bertz CT molecular complexity index is 670. The van der Waals surface area contributed by atoms with Crippen molar-refractivity contribution in [3.63, 3.8) is 0 Å². The average molecular weight is 584 g/mol. The van der Waals surface area contributed by atoms with E-state index in [1.165, 1.54) is 56.9 Å². The van der Waals surface area contributed by atoms with Gasteiger partial charge in [-0.2, -0.15) is 11.6 Å². The molecule has 2 aliphatic carbocycles. The molecule has 2 unspecified atom stereocenters. The van der Waals surface area contributed by atoms with Crippen molar-refractivity contribution in [3.05, 3.63) is 82.5 Å². The first-order valence-electron chi connectivity index (χ1n) is 8.93. The quantitative estimate of drug-likeness (QED) is 0.333. The van der Waals surface area contributed by atoms with Crippen LogP contribution in [0.1, 0.15) is 47.1 Å². The fourth-order valence-corrected chi connectivity index (χ4v) is 5.74. The summed E-state index contributed by atoms with van der Waals surface area (Å²) in [6, 6.07) is 12.1. The molecular weight excluding hydrogens is 554 g/mol. The molecule has 3 rings (SSSR count). The molecule has 2 atom stereocenters. The van der Waals surface area contributed by atoms with Gasteiger partial charge in [0, 0.05) is 0 Å². The van der Waals surface area contributed by atoms with E-state index in [4.69, 9.17) is 0 Å². The average Bonchev–Trinajstić information content (AvgIpc) is 3.01. The standard InChI is InChI=1S/2C8H11.C7H8Si.2ClH.Hf/c2*1-6-4-7(2)8(3)5-6;8-6-7-4-2-1-3-5-7;;;/h4,8H,1-3H3;4,6H,1-3H3;1-5,8H,6H2;2*1H;/q2*-1;;;;+2/p-2. The van der Waals surface area contributed by atoms with E-state index in [1.54, 1.807) is 0 Å². The van der Waals surface area contributed by atoms with Gasteiger partial charge in [-0.05, 0) is 0 Å². The van der Waals surface area contributed by atoms with E-state index in [0.29, 0.717) is 11.8 Å². The van der Waals surface area contributed by atoms with Gasteiger partial charge in [0.15, 0.2) is 0 Å². The maximum absolute atomic E-state index is 3.29. The molecule has 1 aromatic rings. The molecule has 0 nitrogen and oxygen atoms in total. The second-order valence-electron chi connectivity index (χ2n) is 6.74. The normalized spacial score (nSPS) is 19.4. The zero-order valence-electron chi connectivity index (χ0n) is 17.2. The van der Waals surface area contributed by atoms with Gasteiger partial charge in [-0.25, -0.2) is 22.8 Å². The Kier molecular flexibility index (Phi) is 16.9. The van der Waals surface area contributed by atoms with E-state index < -0.39 is 0 Å². The molecule has 0 N–H and O–H groups in total. The molecule has 0 aliphatic heterocycles. The SMILES string of the molecule is CC1=[C-]C(C)C(C)=C1.CC1=[C-]C(C)C=C1C.[Cl-].[Cl-].[Hf+2]=[SiH]Cc1ccccc1. The van der Waals surface area contributed by atoms with E-state index in [2.05, 4.69) is 96.2 Å². The molecule has 146 valence electrons. The molecule has 2 aliphatic rings. The zero-order chi connectivity index (χ0) is 18.8. The van der Waals surface area contributed by atoms with Gasteiger partial charge < -0.3 is 24.8 Å². The Balaban J connectivity index is 0. The first-order chi connectivity index (χ1) is 11.8. The van der Waals surface area contributed by atoms with Gasteiger partial charge in [-0.3, -0.25) is 12.2 Å². The summed E-state index contributed by atoms with van der Waals surface area (Å²) in [5.74, 6) is 1.12. The van der Waals surface area contributed by atoms with E-state index >= 15 is 0 Å². The molecule has 0 heterocycles. The molecule has 27 heavy (non-hydrogen) atoms. The Morgan fingerprint density at radius 1 is 0.963 bits per heavy atom. The predicted octanol–water partition coefficient (Wildman–Crippen LogP) is -0.243. The molecule has 0 saturated heterocycles. The van der Waals surface area contributed by atoms with Gasteiger partial charge in [0.25, 0.3) is 0 Å². The number of hydrogen-bond acceptors (Lipinski definition) is 0. The number of allylic oxidation sites excluding steroid dienone is 8. The summed E-state index contributed by atoms with van der Waals surface area (Å²) in [5, 5.41) is 0. The van der Waals surface area contributed by atoms with Crippen molar-refractivity contribution in [1.29, 1.82) is 0 Å². The van der Waals surface area contributed by atoms with Crippen LogP contribution in [0.15, 0.2) is 64.8 Å². The van der Waals surface area contributed by atoms with E-state index in [0.717, 1.165) is 6.22 Å². The van der Waals surface area contributed by atoms with E-state index in [9.17, 15) is 0 Å². The Labute approximate surface area is 194 Å². The van der Waals surface area contributed by atoms with Crippen LogP contribution in [-0.2, 0) is 29.0 Å². The molecule has 0 spiro atoms. The van der Waals surface area contributed by atoms with Crippen LogP contribution >= 0.6 is 0 Å². The number of hydrogen-bond donors (Lipinski definition) is 0. The topological polar surface area (TPSA) is 0 Å². The summed E-state index contributed by atoms with van der Waals surface area (Å²) >= 11 is 1.41. The minimum absolute atomic E-state index is 0. The van der Waals surface area contributed by atoms with Gasteiger partial charge in [0.2, 0.25) is 0 Å². The van der Waals surface area contributed by atoms with Crippen molar-refractivity contribution >= 4 is 6.22 Å². The van der Waals surface area contributed by atoms with Crippen molar-refractivity contribution in [2.45, 2.75) is 47.6 Å². The molecule has 0 bridgehead atoms. The summed E-state index contributed by atoms with van der Waals surface area (Å²) in [6.45, 7) is 12.8. The van der Waals surface area contributed by atoms with Crippen molar-refractivity contribution in [1.82, 2.24) is 0 Å². The van der Waals surface area contributed by atoms with Crippen LogP contribution < -0.4 is 24.8 Å². The summed E-state index contributed by atoms with van der Waals surface area (Å²) in [7, 11) is 0. The fraction of sp³-hybridized carbons (Fsp3) is 0.391. The summed E-state index contributed by atoms with van der Waals surface area (Å²) in [4.78, 5) is 0. The molecule has 1 aromatic carbocycles. The van der Waals surface area contributed by atoms with Crippen LogP contribution in [0, 0.1) is 24.0 Å². The number of benzene rings is 1. The van der Waals surface area contributed by atoms with Gasteiger partial charge in [0.1, 0.15) is 0 Å². The van der Waals surface area contributed by atoms with Gasteiger partial charge >= 0.3 is 71.2 Å². The second-order valence-corrected chi connectivity index (χ2v) is 12.0. The molecular formula is C23H30Cl2HfSi-2. The molecule has 0 aromatic heterocycles. The monoisotopic (exact) mass is 584 g/mol. The summed E-state index contributed by atoms with van der Waals surface area (Å²) in [5.41, 5.74) is 6.94. The van der Waals surface area contributed by atoms with Gasteiger partial charge in [-0.1, -0.05) is 46.5 Å². The number of rotatable bonds is 2. The predicted molar refractivity (Wildman–Crippen MR) is 108 cm³/mol. The van der Waals surface area contributed by atoms with Crippen LogP contribution in [0.3, 0.4) is 0 Å².